The maximum atomic E-state index is 12.3. The number of benzene rings is 1. The Kier molecular flexibility index (Phi) is 6.46. The summed E-state index contributed by atoms with van der Waals surface area (Å²) in [6.07, 6.45) is 0. The van der Waals surface area contributed by atoms with Gasteiger partial charge in [-0.2, -0.15) is 4.37 Å². The summed E-state index contributed by atoms with van der Waals surface area (Å²) in [6.45, 7) is 8.39. The first-order valence-corrected chi connectivity index (χ1v) is 8.92. The van der Waals surface area contributed by atoms with Gasteiger partial charge in [0.05, 0.1) is 6.54 Å². The highest BCUT2D eigenvalue weighted by Gasteiger charge is 2.16. The highest BCUT2D eigenvalue weighted by Crippen LogP contribution is 2.21. The van der Waals surface area contributed by atoms with Gasteiger partial charge in [0.25, 0.3) is 0 Å². The molecule has 0 fully saturated rings. The summed E-state index contributed by atoms with van der Waals surface area (Å²) in [6, 6.07) is 6.99. The predicted octanol–water partition coefficient (Wildman–Crippen LogP) is 3.08. The second-order valence-corrected chi connectivity index (χ2v) is 6.64. The Labute approximate surface area is 151 Å². The molecule has 7 nitrogen and oxygen atoms in total. The third-order valence-electron chi connectivity index (χ3n) is 3.42. The van der Waals surface area contributed by atoms with Gasteiger partial charge in [-0.05, 0) is 31.2 Å². The lowest BCUT2D eigenvalue weighted by atomic mass is 10.2. The van der Waals surface area contributed by atoms with Gasteiger partial charge >= 0.3 is 0 Å². The van der Waals surface area contributed by atoms with E-state index < -0.39 is 0 Å². The van der Waals surface area contributed by atoms with E-state index in [0.717, 1.165) is 11.0 Å². The lowest BCUT2D eigenvalue weighted by Gasteiger charge is -2.18. The van der Waals surface area contributed by atoms with Gasteiger partial charge in [0, 0.05) is 42.3 Å². The van der Waals surface area contributed by atoms with E-state index >= 15 is 0 Å². The maximum Gasteiger partial charge on any atom is 0.243 e. The largest absolute Gasteiger partial charge is 0.338 e. The molecule has 2 N–H and O–H groups in total. The number of nitrogens with one attached hydrogen (secondary N) is 2. The van der Waals surface area contributed by atoms with Crippen LogP contribution in [0.2, 0.25) is 0 Å². The average Bonchev–Trinajstić information content (AvgIpc) is 3.04. The summed E-state index contributed by atoms with van der Waals surface area (Å²) in [4.78, 5) is 29.7. The van der Waals surface area contributed by atoms with Crippen LogP contribution in [-0.4, -0.2) is 34.3 Å². The summed E-state index contributed by atoms with van der Waals surface area (Å²) < 4.78 is 4.33. The Morgan fingerprint density at radius 1 is 1.16 bits per heavy atom. The number of anilines is 3. The topological polar surface area (TPSA) is 87.2 Å². The molecule has 0 radical (unpaired) electrons. The molecule has 0 unspecified atom stereocenters. The first kappa shape index (κ1) is 18.9. The number of rotatable bonds is 7. The van der Waals surface area contributed by atoms with Crippen LogP contribution in [0.25, 0.3) is 0 Å². The monoisotopic (exact) mass is 361 g/mol. The predicted molar refractivity (Wildman–Crippen MR) is 101 cm³/mol. The summed E-state index contributed by atoms with van der Waals surface area (Å²) in [5, 5.41) is 6.29. The van der Waals surface area contributed by atoms with Gasteiger partial charge in [-0.3, -0.25) is 9.59 Å². The molecule has 2 aromatic rings. The molecule has 8 heteroatoms. The van der Waals surface area contributed by atoms with Gasteiger partial charge in [0.2, 0.25) is 16.9 Å². The number of hydrogen-bond acceptors (Lipinski definition) is 6. The zero-order chi connectivity index (χ0) is 18.4. The smallest absolute Gasteiger partial charge is 0.243 e. The van der Waals surface area contributed by atoms with Crippen molar-refractivity contribution in [3.05, 3.63) is 30.1 Å². The van der Waals surface area contributed by atoms with E-state index in [1.165, 1.54) is 18.5 Å². The van der Waals surface area contributed by atoms with E-state index in [2.05, 4.69) is 20.0 Å². The van der Waals surface area contributed by atoms with Gasteiger partial charge in [-0.15, -0.1) is 0 Å². The van der Waals surface area contributed by atoms with Crippen LogP contribution < -0.4 is 15.5 Å². The third-order valence-corrected chi connectivity index (χ3v) is 4.21. The SMILES string of the molecule is CCN(CC(=O)Nc1ccc(NC(C)=O)cc1)c1nc(C(C)C)ns1. The van der Waals surface area contributed by atoms with Crippen molar-refractivity contribution in [3.63, 3.8) is 0 Å². The minimum absolute atomic E-state index is 0.129. The van der Waals surface area contributed by atoms with Crippen molar-refractivity contribution in [3.8, 4) is 0 Å². The fourth-order valence-electron chi connectivity index (χ4n) is 2.12. The van der Waals surface area contributed by atoms with Crippen LogP contribution in [0.15, 0.2) is 24.3 Å². The molecular weight excluding hydrogens is 338 g/mol. The molecular formula is C17H23N5O2S. The second-order valence-electron chi connectivity index (χ2n) is 5.91. The molecule has 2 rings (SSSR count). The van der Waals surface area contributed by atoms with Crippen molar-refractivity contribution in [1.82, 2.24) is 9.36 Å². The van der Waals surface area contributed by atoms with Crippen LogP contribution in [-0.2, 0) is 9.59 Å². The van der Waals surface area contributed by atoms with Gasteiger partial charge in [0.1, 0.15) is 5.82 Å². The lowest BCUT2D eigenvalue weighted by Crippen LogP contribution is -2.33. The maximum absolute atomic E-state index is 12.3. The minimum atomic E-state index is -0.131. The zero-order valence-corrected chi connectivity index (χ0v) is 15.7. The zero-order valence-electron chi connectivity index (χ0n) is 14.9. The third kappa shape index (κ3) is 5.53. The van der Waals surface area contributed by atoms with Crippen LogP contribution in [0.5, 0.6) is 0 Å². The minimum Gasteiger partial charge on any atom is -0.338 e. The molecule has 0 aliphatic heterocycles. The Balaban J connectivity index is 1.96. The van der Waals surface area contributed by atoms with Crippen molar-refractivity contribution in [2.45, 2.75) is 33.6 Å². The molecule has 0 atom stereocenters. The molecule has 0 aliphatic rings. The number of carbonyl (C=O) groups is 2. The van der Waals surface area contributed by atoms with E-state index in [1.807, 2.05) is 25.7 Å². The van der Waals surface area contributed by atoms with E-state index in [1.54, 1.807) is 24.3 Å². The van der Waals surface area contributed by atoms with Crippen molar-refractivity contribution in [1.29, 1.82) is 0 Å². The van der Waals surface area contributed by atoms with Crippen molar-refractivity contribution < 1.29 is 9.59 Å². The molecule has 0 saturated heterocycles. The fourth-order valence-corrected chi connectivity index (χ4v) is 2.99. The first-order chi connectivity index (χ1) is 11.9. The Morgan fingerprint density at radius 3 is 2.24 bits per heavy atom. The Hall–Kier alpha value is -2.48. The average molecular weight is 361 g/mol. The summed E-state index contributed by atoms with van der Waals surface area (Å²) in [5.41, 5.74) is 1.37. The molecule has 0 spiro atoms. The standard InChI is InChI=1S/C17H23N5O2S/c1-5-22(17-20-16(11(2)3)21-25-17)10-15(24)19-14-8-6-13(7-9-14)18-12(4)23/h6-9,11H,5,10H2,1-4H3,(H,18,23)(H,19,24). The molecule has 1 aromatic carbocycles. The molecule has 0 bridgehead atoms. The molecule has 0 saturated carbocycles. The highest BCUT2D eigenvalue weighted by molar-refractivity contribution is 7.09. The quantitative estimate of drug-likeness (QED) is 0.791. The number of carbonyl (C=O) groups excluding carboxylic acids is 2. The molecule has 0 aliphatic carbocycles. The molecule has 134 valence electrons. The highest BCUT2D eigenvalue weighted by atomic mass is 32.1. The Morgan fingerprint density at radius 2 is 1.76 bits per heavy atom. The van der Waals surface area contributed by atoms with Crippen molar-refractivity contribution in [2.75, 3.05) is 28.6 Å². The number of amides is 2. The van der Waals surface area contributed by atoms with Crippen LogP contribution in [0.3, 0.4) is 0 Å². The van der Waals surface area contributed by atoms with Gasteiger partial charge in [-0.25, -0.2) is 4.98 Å². The van der Waals surface area contributed by atoms with Crippen molar-refractivity contribution >= 4 is 39.9 Å². The number of aromatic nitrogens is 2. The van der Waals surface area contributed by atoms with E-state index in [4.69, 9.17) is 0 Å². The van der Waals surface area contributed by atoms with Gasteiger partial charge < -0.3 is 15.5 Å². The molecule has 25 heavy (non-hydrogen) atoms. The van der Waals surface area contributed by atoms with Crippen LogP contribution >= 0.6 is 11.5 Å². The van der Waals surface area contributed by atoms with Crippen LogP contribution in [0, 0.1) is 0 Å². The van der Waals surface area contributed by atoms with Gasteiger partial charge in [0.15, 0.2) is 0 Å². The molecule has 1 aromatic heterocycles. The van der Waals surface area contributed by atoms with Gasteiger partial charge in [-0.1, -0.05) is 13.8 Å². The van der Waals surface area contributed by atoms with Crippen LogP contribution in [0.1, 0.15) is 39.4 Å². The summed E-state index contributed by atoms with van der Waals surface area (Å²) in [5.74, 6) is 0.802. The van der Waals surface area contributed by atoms with Crippen LogP contribution in [0.4, 0.5) is 16.5 Å². The number of nitrogens with zero attached hydrogens (tertiary/aromatic N) is 3. The molecule has 2 amide bonds. The number of hydrogen-bond donors (Lipinski definition) is 2. The number of likely N-dealkylation sites (N-methyl/N-ethyl adjacent to an activating group) is 1. The normalized spacial score (nSPS) is 10.6. The molecule has 1 heterocycles. The summed E-state index contributed by atoms with van der Waals surface area (Å²) >= 11 is 1.31. The Bertz CT molecular complexity index is 727. The van der Waals surface area contributed by atoms with E-state index in [9.17, 15) is 9.59 Å². The first-order valence-electron chi connectivity index (χ1n) is 8.15. The second kappa shape index (κ2) is 8.57. The fraction of sp³-hybridized carbons (Fsp3) is 0.412. The summed E-state index contributed by atoms with van der Waals surface area (Å²) in [7, 11) is 0. The van der Waals surface area contributed by atoms with E-state index in [0.29, 0.717) is 17.9 Å². The lowest BCUT2D eigenvalue weighted by molar-refractivity contribution is -0.115. The van der Waals surface area contributed by atoms with Crippen molar-refractivity contribution in [2.24, 2.45) is 0 Å². The van der Waals surface area contributed by atoms with E-state index in [-0.39, 0.29) is 24.3 Å².